The van der Waals surface area contributed by atoms with Gasteiger partial charge in [0.25, 0.3) is 5.91 Å². The Morgan fingerprint density at radius 3 is 2.65 bits per heavy atom. The molecule has 3 rings (SSSR count). The number of carboxylic acids is 1. The van der Waals surface area contributed by atoms with Gasteiger partial charge in [-0.15, -0.1) is 0 Å². The van der Waals surface area contributed by atoms with Gasteiger partial charge in [-0.1, -0.05) is 11.6 Å². The van der Waals surface area contributed by atoms with Crippen LogP contribution in [-0.2, 0) is 4.79 Å². The molecule has 2 N–H and O–H groups in total. The number of hydrogen-bond acceptors (Lipinski definition) is 3. The number of aliphatic carboxylic acids is 1. The predicted octanol–water partition coefficient (Wildman–Crippen LogP) is 1.14. The van der Waals surface area contributed by atoms with E-state index in [1.807, 2.05) is 4.57 Å². The number of aliphatic hydroxyl groups is 1. The zero-order chi connectivity index (χ0) is 14.4. The first kappa shape index (κ1) is 13.5. The lowest BCUT2D eigenvalue weighted by Crippen LogP contribution is -2.41. The minimum absolute atomic E-state index is 0.0449. The van der Waals surface area contributed by atoms with Crippen molar-refractivity contribution < 1.29 is 19.8 Å². The first-order chi connectivity index (χ1) is 9.47. The number of amides is 1. The molecule has 1 aromatic rings. The van der Waals surface area contributed by atoms with Crippen molar-refractivity contribution in [3.8, 4) is 0 Å². The van der Waals surface area contributed by atoms with Gasteiger partial charge in [-0.2, -0.15) is 0 Å². The molecule has 2 aliphatic rings. The van der Waals surface area contributed by atoms with Gasteiger partial charge in [0.05, 0.1) is 11.1 Å². The van der Waals surface area contributed by atoms with E-state index in [9.17, 15) is 14.7 Å². The van der Waals surface area contributed by atoms with Crippen LogP contribution < -0.4 is 0 Å². The van der Waals surface area contributed by atoms with Crippen LogP contribution in [0.25, 0.3) is 0 Å². The number of halogens is 1. The molecule has 6 nitrogen and oxygen atoms in total. The second-order valence-corrected chi connectivity index (χ2v) is 5.82. The first-order valence-corrected chi connectivity index (χ1v) is 6.94. The van der Waals surface area contributed by atoms with Crippen molar-refractivity contribution in [2.24, 2.45) is 0 Å². The lowest BCUT2D eigenvalue weighted by molar-refractivity contribution is -0.141. The van der Waals surface area contributed by atoms with Crippen LogP contribution in [0.15, 0.2) is 12.3 Å². The Hall–Kier alpha value is -1.53. The average molecular weight is 299 g/mol. The van der Waals surface area contributed by atoms with Gasteiger partial charge in [-0.25, -0.2) is 4.79 Å². The molecule has 7 heteroatoms. The van der Waals surface area contributed by atoms with Crippen LogP contribution in [0.4, 0.5) is 0 Å². The minimum Gasteiger partial charge on any atom is -0.480 e. The predicted molar refractivity (Wildman–Crippen MR) is 70.8 cm³/mol. The zero-order valence-corrected chi connectivity index (χ0v) is 11.5. The molecule has 0 spiro atoms. The lowest BCUT2D eigenvalue weighted by atomic mass is 10.2. The Morgan fingerprint density at radius 1 is 1.35 bits per heavy atom. The van der Waals surface area contributed by atoms with E-state index < -0.39 is 18.1 Å². The third kappa shape index (κ3) is 2.29. The molecule has 2 fully saturated rings. The summed E-state index contributed by atoms with van der Waals surface area (Å²) in [6.07, 6.45) is 2.97. The summed E-state index contributed by atoms with van der Waals surface area (Å²) >= 11 is 5.96. The summed E-state index contributed by atoms with van der Waals surface area (Å²) in [5, 5.41) is 19.2. The molecule has 108 valence electrons. The normalized spacial score (nSPS) is 26.0. The standard InChI is InChI=1S/C13H15ClN2O4/c14-7-3-10(15(5-7)8-1-2-8)12(18)16-6-9(17)4-11(16)13(19)20/h3,5,8-9,11,17H,1-2,4,6H2,(H,19,20). The summed E-state index contributed by atoms with van der Waals surface area (Å²) in [4.78, 5) is 25.0. The molecule has 1 aliphatic carbocycles. The second-order valence-electron chi connectivity index (χ2n) is 5.38. The Bertz CT molecular complexity index is 567. The highest BCUT2D eigenvalue weighted by Gasteiger charge is 2.41. The molecule has 0 radical (unpaired) electrons. The van der Waals surface area contributed by atoms with Crippen LogP contribution in [-0.4, -0.2) is 50.2 Å². The number of hydrogen-bond donors (Lipinski definition) is 2. The van der Waals surface area contributed by atoms with Crippen LogP contribution in [0.5, 0.6) is 0 Å². The number of aromatic nitrogens is 1. The first-order valence-electron chi connectivity index (χ1n) is 6.56. The SMILES string of the molecule is O=C(O)C1CC(O)CN1C(=O)c1cc(Cl)cn1C1CC1. The number of carbonyl (C=O) groups is 2. The second kappa shape index (κ2) is 4.79. The maximum absolute atomic E-state index is 12.5. The molecule has 20 heavy (non-hydrogen) atoms. The molecule has 2 unspecified atom stereocenters. The van der Waals surface area contributed by atoms with Gasteiger partial charge in [0.2, 0.25) is 0 Å². The van der Waals surface area contributed by atoms with E-state index in [1.54, 1.807) is 12.3 Å². The van der Waals surface area contributed by atoms with Crippen LogP contribution in [0.2, 0.25) is 5.02 Å². The fourth-order valence-corrected chi connectivity index (χ4v) is 2.90. The van der Waals surface area contributed by atoms with Crippen LogP contribution in [0.1, 0.15) is 35.8 Å². The number of aliphatic hydroxyl groups excluding tert-OH is 1. The smallest absolute Gasteiger partial charge is 0.326 e. The van der Waals surface area contributed by atoms with E-state index in [2.05, 4.69) is 0 Å². The van der Waals surface area contributed by atoms with Gasteiger partial charge >= 0.3 is 5.97 Å². The molecule has 1 aromatic heterocycles. The topological polar surface area (TPSA) is 82.8 Å². The Labute approximate surface area is 120 Å². The highest BCUT2D eigenvalue weighted by atomic mass is 35.5. The summed E-state index contributed by atoms with van der Waals surface area (Å²) in [5.74, 6) is -1.47. The van der Waals surface area contributed by atoms with Crippen molar-refractivity contribution in [2.45, 2.75) is 37.5 Å². The van der Waals surface area contributed by atoms with Gasteiger partial charge in [0.15, 0.2) is 0 Å². The van der Waals surface area contributed by atoms with Crippen molar-refractivity contribution in [1.82, 2.24) is 9.47 Å². The van der Waals surface area contributed by atoms with Crippen molar-refractivity contribution in [3.05, 3.63) is 23.0 Å². The summed E-state index contributed by atoms with van der Waals surface area (Å²) in [5.41, 5.74) is 0.401. The quantitative estimate of drug-likeness (QED) is 0.876. The molecule has 1 saturated carbocycles. The van der Waals surface area contributed by atoms with Crippen molar-refractivity contribution in [2.75, 3.05) is 6.54 Å². The maximum Gasteiger partial charge on any atom is 0.326 e. The zero-order valence-electron chi connectivity index (χ0n) is 10.7. The van der Waals surface area contributed by atoms with Crippen LogP contribution in [0, 0.1) is 0 Å². The number of carbonyl (C=O) groups excluding carboxylic acids is 1. The molecule has 1 amide bonds. The van der Waals surface area contributed by atoms with Crippen molar-refractivity contribution in [1.29, 1.82) is 0 Å². The third-order valence-corrected chi connectivity index (χ3v) is 4.01. The Balaban J connectivity index is 1.90. The summed E-state index contributed by atoms with van der Waals surface area (Å²) in [6.45, 7) is 0.0449. The van der Waals surface area contributed by atoms with Gasteiger partial charge in [-0.05, 0) is 18.9 Å². The lowest BCUT2D eigenvalue weighted by Gasteiger charge is -2.21. The number of nitrogens with zero attached hydrogens (tertiary/aromatic N) is 2. The van der Waals surface area contributed by atoms with Gasteiger partial charge in [0, 0.05) is 25.2 Å². The van der Waals surface area contributed by atoms with Crippen LogP contribution >= 0.6 is 11.6 Å². The number of β-amino-alcohol motifs (C(OH)–C–C–N with tert-alkyl or cyclic N) is 1. The Kier molecular flexibility index (Phi) is 3.22. The fraction of sp³-hybridized carbons (Fsp3) is 0.538. The minimum atomic E-state index is -1.09. The highest BCUT2D eigenvalue weighted by Crippen LogP contribution is 2.38. The van der Waals surface area contributed by atoms with Crippen molar-refractivity contribution >= 4 is 23.5 Å². The molecular formula is C13H15ClN2O4. The monoisotopic (exact) mass is 298 g/mol. The van der Waals surface area contributed by atoms with E-state index in [0.717, 1.165) is 12.8 Å². The van der Waals surface area contributed by atoms with E-state index in [-0.39, 0.29) is 24.9 Å². The summed E-state index contributed by atoms with van der Waals surface area (Å²) < 4.78 is 1.81. The van der Waals surface area contributed by atoms with E-state index in [1.165, 1.54) is 4.90 Å². The average Bonchev–Trinajstić information content (AvgIpc) is 3.04. The summed E-state index contributed by atoms with van der Waals surface area (Å²) in [7, 11) is 0. The molecule has 2 atom stereocenters. The maximum atomic E-state index is 12.5. The number of rotatable bonds is 3. The molecular weight excluding hydrogens is 284 g/mol. The van der Waals surface area contributed by atoms with Crippen LogP contribution in [0.3, 0.4) is 0 Å². The Morgan fingerprint density at radius 2 is 2.05 bits per heavy atom. The van der Waals surface area contributed by atoms with E-state index in [0.29, 0.717) is 10.7 Å². The highest BCUT2D eigenvalue weighted by molar-refractivity contribution is 6.31. The largest absolute Gasteiger partial charge is 0.480 e. The van der Waals surface area contributed by atoms with Gasteiger partial charge in [-0.3, -0.25) is 4.79 Å². The van der Waals surface area contributed by atoms with E-state index >= 15 is 0 Å². The molecule has 1 aliphatic heterocycles. The molecule has 0 bridgehead atoms. The molecule has 2 heterocycles. The van der Waals surface area contributed by atoms with Crippen molar-refractivity contribution in [3.63, 3.8) is 0 Å². The third-order valence-electron chi connectivity index (χ3n) is 3.80. The molecule has 1 saturated heterocycles. The fourth-order valence-electron chi connectivity index (χ4n) is 2.69. The number of likely N-dealkylation sites (tertiary alicyclic amines) is 1. The van der Waals surface area contributed by atoms with Gasteiger partial charge in [0.1, 0.15) is 11.7 Å². The molecule has 0 aromatic carbocycles. The van der Waals surface area contributed by atoms with Gasteiger partial charge < -0.3 is 19.7 Å². The number of carboxylic acid groups (broad SMARTS) is 1. The van der Waals surface area contributed by atoms with E-state index in [4.69, 9.17) is 16.7 Å². The summed E-state index contributed by atoms with van der Waals surface area (Å²) in [6, 6.07) is 0.863.